The molecule has 3 N–H and O–H groups in total. The fourth-order valence-electron chi connectivity index (χ4n) is 0.433. The molecule has 0 aliphatic rings. The first-order valence-electron chi connectivity index (χ1n) is 3.03. The zero-order valence-corrected chi connectivity index (χ0v) is 6.09. The second-order valence-electron chi connectivity index (χ2n) is 2.27. The van der Waals surface area contributed by atoms with E-state index < -0.39 is 11.9 Å². The van der Waals surface area contributed by atoms with Crippen molar-refractivity contribution < 1.29 is 4.79 Å². The van der Waals surface area contributed by atoms with Gasteiger partial charge in [0.2, 0.25) is 0 Å². The van der Waals surface area contributed by atoms with E-state index in [1.54, 1.807) is 6.07 Å². The van der Waals surface area contributed by atoms with E-state index in [0.717, 1.165) is 0 Å². The number of nitrogens with one attached hydrogen (secondary N) is 1. The molecule has 0 spiro atoms. The van der Waals surface area contributed by atoms with Crippen LogP contribution in [0.15, 0.2) is 0 Å². The lowest BCUT2D eigenvalue weighted by atomic mass is 10.3. The van der Waals surface area contributed by atoms with Crippen molar-refractivity contribution in [3.05, 3.63) is 0 Å². The molecule has 1 amide bonds. The Morgan fingerprint density at radius 1 is 1.70 bits per heavy atom. The number of hydrogen-bond acceptors (Lipinski definition) is 3. The minimum atomic E-state index is -1.04. The van der Waals surface area contributed by atoms with Gasteiger partial charge in [-0.1, -0.05) is 0 Å². The highest BCUT2D eigenvalue weighted by Gasteiger charge is 2.11. The summed E-state index contributed by atoms with van der Waals surface area (Å²) in [6.45, 7) is 3.62. The van der Waals surface area contributed by atoms with Gasteiger partial charge in [0.25, 0.3) is 5.91 Å². The van der Waals surface area contributed by atoms with Crippen molar-refractivity contribution in [2.24, 2.45) is 5.73 Å². The number of carbonyl (C=O) groups excluding carboxylic acids is 1. The molecule has 0 unspecified atom stereocenters. The summed E-state index contributed by atoms with van der Waals surface area (Å²) in [5, 5.41) is 10.7. The van der Waals surface area contributed by atoms with Gasteiger partial charge >= 0.3 is 0 Å². The molecule has 0 saturated carbocycles. The van der Waals surface area contributed by atoms with Crippen molar-refractivity contribution >= 4 is 5.91 Å². The molecule has 4 heteroatoms. The Kier molecular flexibility index (Phi) is 3.44. The van der Waals surface area contributed by atoms with Gasteiger partial charge in [0.15, 0.2) is 6.04 Å². The van der Waals surface area contributed by atoms with Crippen molar-refractivity contribution in [3.8, 4) is 6.07 Å². The molecule has 0 aromatic rings. The lowest BCUT2D eigenvalue weighted by Gasteiger charge is -2.08. The van der Waals surface area contributed by atoms with Crippen LogP contribution in [-0.2, 0) is 4.79 Å². The van der Waals surface area contributed by atoms with Crippen LogP contribution >= 0.6 is 0 Å². The first-order chi connectivity index (χ1) is 4.57. The fourth-order valence-corrected chi connectivity index (χ4v) is 0.433. The highest BCUT2D eigenvalue weighted by atomic mass is 16.2. The van der Waals surface area contributed by atoms with E-state index >= 15 is 0 Å². The zero-order valence-electron chi connectivity index (χ0n) is 6.09. The average Bonchev–Trinajstić information content (AvgIpc) is 1.85. The molecule has 0 aliphatic heterocycles. The molecule has 0 fully saturated rings. The van der Waals surface area contributed by atoms with Gasteiger partial charge in [-0.15, -0.1) is 0 Å². The molecule has 0 aromatic carbocycles. The van der Waals surface area contributed by atoms with Gasteiger partial charge in [-0.2, -0.15) is 5.26 Å². The molecule has 1 atom stereocenters. The molecule has 10 heavy (non-hydrogen) atoms. The van der Waals surface area contributed by atoms with E-state index in [2.05, 4.69) is 5.32 Å². The van der Waals surface area contributed by atoms with E-state index in [9.17, 15) is 4.79 Å². The third-order valence-electron chi connectivity index (χ3n) is 0.852. The van der Waals surface area contributed by atoms with E-state index in [4.69, 9.17) is 11.0 Å². The maximum absolute atomic E-state index is 10.7. The Morgan fingerprint density at radius 2 is 2.20 bits per heavy atom. The summed E-state index contributed by atoms with van der Waals surface area (Å²) in [4.78, 5) is 10.7. The number of nitrogens with two attached hydrogens (primary N) is 1. The van der Waals surface area contributed by atoms with Crippen LogP contribution in [0.5, 0.6) is 0 Å². The van der Waals surface area contributed by atoms with Crippen LogP contribution in [0, 0.1) is 11.3 Å². The van der Waals surface area contributed by atoms with E-state index in [1.807, 2.05) is 13.8 Å². The number of amides is 1. The van der Waals surface area contributed by atoms with Crippen LogP contribution in [0.4, 0.5) is 0 Å². The van der Waals surface area contributed by atoms with Crippen LogP contribution in [0.1, 0.15) is 13.8 Å². The molecule has 0 saturated heterocycles. The largest absolute Gasteiger partial charge is 0.352 e. The average molecular weight is 141 g/mol. The first kappa shape index (κ1) is 8.92. The van der Waals surface area contributed by atoms with Gasteiger partial charge in [0.05, 0.1) is 6.07 Å². The van der Waals surface area contributed by atoms with Crippen molar-refractivity contribution in [2.75, 3.05) is 0 Å². The minimum Gasteiger partial charge on any atom is -0.352 e. The fraction of sp³-hybridized carbons (Fsp3) is 0.667. The number of rotatable bonds is 2. The van der Waals surface area contributed by atoms with E-state index in [1.165, 1.54) is 0 Å². The molecule has 0 aromatic heterocycles. The summed E-state index contributed by atoms with van der Waals surface area (Å²) in [7, 11) is 0. The van der Waals surface area contributed by atoms with Crippen LogP contribution in [0.2, 0.25) is 0 Å². The van der Waals surface area contributed by atoms with Gasteiger partial charge in [0.1, 0.15) is 0 Å². The van der Waals surface area contributed by atoms with Gasteiger partial charge < -0.3 is 11.1 Å². The third kappa shape index (κ3) is 3.05. The zero-order chi connectivity index (χ0) is 8.15. The number of nitrogens with zero attached hydrogens (tertiary/aromatic N) is 1. The lowest BCUT2D eigenvalue weighted by Crippen LogP contribution is -2.42. The Bertz CT molecular complexity index is 159. The van der Waals surface area contributed by atoms with E-state index in [0.29, 0.717) is 0 Å². The van der Waals surface area contributed by atoms with Crippen LogP contribution in [0.25, 0.3) is 0 Å². The SMILES string of the molecule is CC(C)NC(=O)[C@H](N)C#N. The molecular weight excluding hydrogens is 130 g/mol. The van der Waals surface area contributed by atoms with Crippen LogP contribution < -0.4 is 11.1 Å². The van der Waals surface area contributed by atoms with Crippen molar-refractivity contribution in [3.63, 3.8) is 0 Å². The normalized spacial score (nSPS) is 12.3. The van der Waals surface area contributed by atoms with E-state index in [-0.39, 0.29) is 6.04 Å². The smallest absolute Gasteiger partial charge is 0.251 e. The Balaban J connectivity index is 3.76. The monoisotopic (exact) mass is 141 g/mol. The second kappa shape index (κ2) is 3.85. The maximum Gasteiger partial charge on any atom is 0.251 e. The lowest BCUT2D eigenvalue weighted by molar-refractivity contribution is -0.121. The predicted molar refractivity (Wildman–Crippen MR) is 36.9 cm³/mol. The van der Waals surface area contributed by atoms with Gasteiger partial charge in [-0.05, 0) is 13.8 Å². The van der Waals surface area contributed by atoms with Crippen molar-refractivity contribution in [1.82, 2.24) is 5.32 Å². The summed E-state index contributed by atoms with van der Waals surface area (Å²) in [5.74, 6) is -0.419. The first-order valence-corrected chi connectivity index (χ1v) is 3.03. The molecule has 0 heterocycles. The third-order valence-corrected chi connectivity index (χ3v) is 0.852. The van der Waals surface area contributed by atoms with Gasteiger partial charge in [-0.25, -0.2) is 0 Å². The molecular formula is C6H11N3O. The molecule has 0 bridgehead atoms. The topological polar surface area (TPSA) is 78.9 Å². The predicted octanol–water partition coefficient (Wildman–Crippen LogP) is -0.638. The quantitative estimate of drug-likeness (QED) is 0.537. The second-order valence-corrected chi connectivity index (χ2v) is 2.27. The van der Waals surface area contributed by atoms with Gasteiger partial charge in [0, 0.05) is 6.04 Å². The molecule has 56 valence electrons. The Morgan fingerprint density at radius 3 is 2.50 bits per heavy atom. The molecule has 0 radical (unpaired) electrons. The standard InChI is InChI=1S/C6H11N3O/c1-4(2)9-6(10)5(8)3-7/h4-5H,8H2,1-2H3,(H,9,10)/t5-/m1/s1. The maximum atomic E-state index is 10.7. The highest BCUT2D eigenvalue weighted by molar-refractivity contribution is 5.84. The minimum absolute atomic E-state index is 0.0342. The summed E-state index contributed by atoms with van der Waals surface area (Å²) in [5.41, 5.74) is 5.09. The van der Waals surface area contributed by atoms with Crippen molar-refractivity contribution in [2.45, 2.75) is 25.9 Å². The molecule has 0 rings (SSSR count). The molecule has 0 aliphatic carbocycles. The number of carbonyl (C=O) groups is 1. The Hall–Kier alpha value is -1.08. The van der Waals surface area contributed by atoms with Crippen molar-refractivity contribution in [1.29, 1.82) is 5.26 Å². The summed E-state index contributed by atoms with van der Waals surface area (Å²) in [6.07, 6.45) is 0. The van der Waals surface area contributed by atoms with Crippen LogP contribution in [0.3, 0.4) is 0 Å². The highest BCUT2D eigenvalue weighted by Crippen LogP contribution is 1.79. The summed E-state index contributed by atoms with van der Waals surface area (Å²) in [6, 6.07) is 0.631. The van der Waals surface area contributed by atoms with Gasteiger partial charge in [-0.3, -0.25) is 4.79 Å². The summed E-state index contributed by atoms with van der Waals surface area (Å²) < 4.78 is 0. The number of hydrogen-bond donors (Lipinski definition) is 2. The number of nitriles is 1. The molecule has 4 nitrogen and oxygen atoms in total. The Labute approximate surface area is 60.0 Å². The summed E-state index contributed by atoms with van der Waals surface area (Å²) >= 11 is 0. The van der Waals surface area contributed by atoms with Crippen LogP contribution in [-0.4, -0.2) is 18.0 Å².